The number of amides is 1. The Labute approximate surface area is 64.6 Å². The summed E-state index contributed by atoms with van der Waals surface area (Å²) in [6.45, 7) is 0. The molecule has 0 aliphatic carbocycles. The van der Waals surface area contributed by atoms with Crippen LogP contribution < -0.4 is 29.7 Å². The largest absolute Gasteiger partial charge is 1.00 e. The van der Waals surface area contributed by atoms with Crippen LogP contribution in [-0.2, 0) is 9.59 Å². The zero-order valence-electron chi connectivity index (χ0n) is 4.39. The van der Waals surface area contributed by atoms with E-state index in [4.69, 9.17) is 0 Å². The molecule has 0 saturated heterocycles. The summed E-state index contributed by atoms with van der Waals surface area (Å²) in [7, 11) is 0. The van der Waals surface area contributed by atoms with Crippen molar-refractivity contribution >= 4 is 12.2 Å². The van der Waals surface area contributed by atoms with Gasteiger partial charge in [-0.3, -0.25) is 5.73 Å². The Hall–Kier alpha value is 0.0300. The Bertz CT molecular complexity index is 84.1. The van der Waals surface area contributed by atoms with Crippen molar-refractivity contribution in [1.29, 1.82) is 0 Å². The van der Waals surface area contributed by atoms with Crippen molar-refractivity contribution in [2.75, 3.05) is 0 Å². The summed E-state index contributed by atoms with van der Waals surface area (Å²) in [4.78, 5) is 19.5. The fourth-order valence-electron chi connectivity index (χ4n) is 0.220. The van der Waals surface area contributed by atoms with Gasteiger partial charge in [0.1, 0.15) is 6.29 Å². The molecule has 3 nitrogen and oxygen atoms in total. The van der Waals surface area contributed by atoms with E-state index in [-0.39, 0.29) is 36.3 Å². The average molecular weight is 229 g/mol. The first-order valence-corrected chi connectivity index (χ1v) is 2.06. The SMILES string of the molecule is [I-].[NH3+]C(=O)CCC=O. The van der Waals surface area contributed by atoms with Gasteiger partial charge in [0.25, 0.3) is 0 Å². The number of aldehydes is 1. The van der Waals surface area contributed by atoms with Gasteiger partial charge in [-0.1, -0.05) is 0 Å². The van der Waals surface area contributed by atoms with E-state index in [0.717, 1.165) is 0 Å². The van der Waals surface area contributed by atoms with Crippen molar-refractivity contribution < 1.29 is 39.3 Å². The molecule has 48 valence electrons. The van der Waals surface area contributed by atoms with Crippen molar-refractivity contribution in [2.45, 2.75) is 12.8 Å². The van der Waals surface area contributed by atoms with Gasteiger partial charge in [0, 0.05) is 6.42 Å². The van der Waals surface area contributed by atoms with Gasteiger partial charge >= 0.3 is 5.91 Å². The number of hydrogen-bond acceptors (Lipinski definition) is 2. The second kappa shape index (κ2) is 7.03. The molecule has 4 heteroatoms. The quantitative estimate of drug-likeness (QED) is 0.393. The summed E-state index contributed by atoms with van der Waals surface area (Å²) in [5, 5.41) is 0. The molecule has 0 aromatic carbocycles. The van der Waals surface area contributed by atoms with Crippen LogP contribution in [0, 0.1) is 0 Å². The van der Waals surface area contributed by atoms with Crippen molar-refractivity contribution in [2.24, 2.45) is 0 Å². The van der Waals surface area contributed by atoms with E-state index < -0.39 is 0 Å². The van der Waals surface area contributed by atoms with Crippen LogP contribution in [0.3, 0.4) is 0 Å². The Balaban J connectivity index is 0. The molecule has 0 radical (unpaired) electrons. The van der Waals surface area contributed by atoms with Crippen LogP contribution in [0.15, 0.2) is 0 Å². The number of quaternary nitrogens is 1. The normalized spacial score (nSPS) is 7.12. The summed E-state index contributed by atoms with van der Waals surface area (Å²) in [5.74, 6) is -0.174. The number of halogens is 1. The van der Waals surface area contributed by atoms with Gasteiger partial charge in [-0.2, -0.15) is 0 Å². The molecule has 0 unspecified atom stereocenters. The first-order chi connectivity index (χ1) is 3.27. The lowest BCUT2D eigenvalue weighted by molar-refractivity contribution is -0.305. The molecule has 0 bridgehead atoms. The molecule has 0 aromatic heterocycles. The smallest absolute Gasteiger partial charge is 0.309 e. The first-order valence-electron chi connectivity index (χ1n) is 2.06. The molecule has 8 heavy (non-hydrogen) atoms. The van der Waals surface area contributed by atoms with Gasteiger partial charge in [-0.25, -0.2) is 4.79 Å². The van der Waals surface area contributed by atoms with Crippen LogP contribution in [0.1, 0.15) is 12.8 Å². The minimum Gasteiger partial charge on any atom is -1.00 e. The maximum Gasteiger partial charge on any atom is 0.309 e. The fourth-order valence-corrected chi connectivity index (χ4v) is 0.220. The van der Waals surface area contributed by atoms with Crippen molar-refractivity contribution in [1.82, 2.24) is 0 Å². The molecule has 0 heterocycles. The van der Waals surface area contributed by atoms with Crippen molar-refractivity contribution in [3.63, 3.8) is 0 Å². The molecule has 0 saturated carbocycles. The topological polar surface area (TPSA) is 61.8 Å². The summed E-state index contributed by atoms with van der Waals surface area (Å²) in [5.41, 5.74) is 3.08. The second-order valence-electron chi connectivity index (χ2n) is 1.24. The van der Waals surface area contributed by atoms with E-state index in [2.05, 4.69) is 5.73 Å². The van der Waals surface area contributed by atoms with E-state index in [0.29, 0.717) is 12.7 Å². The highest BCUT2D eigenvalue weighted by atomic mass is 127. The van der Waals surface area contributed by atoms with E-state index in [1.165, 1.54) is 0 Å². The van der Waals surface area contributed by atoms with Crippen LogP contribution in [0.25, 0.3) is 0 Å². The van der Waals surface area contributed by atoms with Gasteiger partial charge in [0.2, 0.25) is 0 Å². The lowest BCUT2D eigenvalue weighted by Crippen LogP contribution is -3.00. The maximum atomic E-state index is 9.93. The molecule has 0 fully saturated rings. The van der Waals surface area contributed by atoms with Crippen molar-refractivity contribution in [3.8, 4) is 0 Å². The van der Waals surface area contributed by atoms with Crippen molar-refractivity contribution in [3.05, 3.63) is 0 Å². The van der Waals surface area contributed by atoms with Crippen LogP contribution >= 0.6 is 0 Å². The predicted octanol–water partition coefficient (Wildman–Crippen LogP) is -4.26. The Morgan fingerprint density at radius 2 is 2.12 bits per heavy atom. The Morgan fingerprint density at radius 1 is 1.62 bits per heavy atom. The number of carbonyl (C=O) groups excluding carboxylic acids is 2. The van der Waals surface area contributed by atoms with E-state index >= 15 is 0 Å². The van der Waals surface area contributed by atoms with Crippen LogP contribution in [0.5, 0.6) is 0 Å². The molecule has 0 spiro atoms. The zero-order valence-corrected chi connectivity index (χ0v) is 6.55. The third-order valence-corrected chi connectivity index (χ3v) is 0.541. The molecular formula is C4H8INO2. The molecule has 0 rings (SSSR count). The molecule has 0 aliphatic rings. The summed E-state index contributed by atoms with van der Waals surface area (Å²) in [6, 6.07) is 0. The monoisotopic (exact) mass is 229 g/mol. The third-order valence-electron chi connectivity index (χ3n) is 0.541. The van der Waals surface area contributed by atoms with Gasteiger partial charge in [-0.15, -0.1) is 0 Å². The number of rotatable bonds is 3. The molecule has 3 N–H and O–H groups in total. The first kappa shape index (κ1) is 10.9. The lowest BCUT2D eigenvalue weighted by atomic mass is 10.3. The van der Waals surface area contributed by atoms with Crippen LogP contribution in [-0.4, -0.2) is 12.2 Å². The van der Waals surface area contributed by atoms with Crippen LogP contribution in [0.2, 0.25) is 0 Å². The highest BCUT2D eigenvalue weighted by Crippen LogP contribution is 1.76. The third kappa shape index (κ3) is 9.39. The highest BCUT2D eigenvalue weighted by molar-refractivity contribution is 5.68. The maximum absolute atomic E-state index is 9.93. The molecule has 1 amide bonds. The summed E-state index contributed by atoms with van der Waals surface area (Å²) < 4.78 is 0. The zero-order chi connectivity index (χ0) is 5.70. The minimum absolute atomic E-state index is 0. The number of hydrogen-bond donors (Lipinski definition) is 1. The molecule has 0 aromatic rings. The van der Waals surface area contributed by atoms with Gasteiger partial charge in [0.05, 0.1) is 6.42 Å². The Morgan fingerprint density at radius 3 is 2.25 bits per heavy atom. The fraction of sp³-hybridized carbons (Fsp3) is 0.500. The van der Waals surface area contributed by atoms with Gasteiger partial charge in [0.15, 0.2) is 0 Å². The van der Waals surface area contributed by atoms with Gasteiger partial charge in [-0.05, 0) is 0 Å². The molecule has 0 atom stereocenters. The predicted molar refractivity (Wildman–Crippen MR) is 23.2 cm³/mol. The summed E-state index contributed by atoms with van der Waals surface area (Å²) in [6.07, 6.45) is 1.30. The van der Waals surface area contributed by atoms with E-state index in [1.807, 2.05) is 0 Å². The molecular weight excluding hydrogens is 221 g/mol. The molecule has 0 aliphatic heterocycles. The number of carbonyl (C=O) groups is 2. The minimum atomic E-state index is -0.174. The standard InChI is InChI=1S/C4H7NO2.HI/c5-4(7)2-1-3-6;/h3H,1-2H2,(H2,5,7);1H. The summed E-state index contributed by atoms with van der Waals surface area (Å²) >= 11 is 0. The average Bonchev–Trinajstić information content (AvgIpc) is 1.61. The lowest BCUT2D eigenvalue weighted by Gasteiger charge is -1.76. The highest BCUT2D eigenvalue weighted by Gasteiger charge is 1.93. The second-order valence-corrected chi connectivity index (χ2v) is 1.24. The van der Waals surface area contributed by atoms with E-state index in [9.17, 15) is 9.59 Å². The van der Waals surface area contributed by atoms with Crippen LogP contribution in [0.4, 0.5) is 0 Å². The Kier molecular flexibility index (Phi) is 9.59. The van der Waals surface area contributed by atoms with Gasteiger partial charge < -0.3 is 28.8 Å². The van der Waals surface area contributed by atoms with E-state index in [1.54, 1.807) is 0 Å².